The van der Waals surface area contributed by atoms with Crippen molar-refractivity contribution < 1.29 is 33.3 Å². The number of amides is 1. The van der Waals surface area contributed by atoms with Gasteiger partial charge in [-0.1, -0.05) is 82.7 Å². The second-order valence-electron chi connectivity index (χ2n) is 11.2. The molecule has 1 aromatic heterocycles. The minimum absolute atomic E-state index is 0.0242. The molecule has 1 amide bonds. The Bertz CT molecular complexity index is 1130. The van der Waals surface area contributed by atoms with Gasteiger partial charge >= 0.3 is 11.9 Å². The number of hydrogen-bond donors (Lipinski definition) is 1. The van der Waals surface area contributed by atoms with E-state index in [-0.39, 0.29) is 29.7 Å². The molecule has 3 rings (SSSR count). The Morgan fingerprint density at radius 3 is 2.40 bits per heavy atom. The van der Waals surface area contributed by atoms with Gasteiger partial charge in [0.2, 0.25) is 6.79 Å². The number of benzene rings is 1. The van der Waals surface area contributed by atoms with Gasteiger partial charge in [0, 0.05) is 12.3 Å². The van der Waals surface area contributed by atoms with Gasteiger partial charge in [-0.25, -0.2) is 9.78 Å². The Morgan fingerprint density at radius 1 is 1.00 bits per heavy atom. The van der Waals surface area contributed by atoms with Crippen LogP contribution in [0.15, 0.2) is 42.6 Å². The number of nitrogens with one attached hydrogen (secondary N) is 1. The van der Waals surface area contributed by atoms with E-state index in [1.165, 1.54) is 57.0 Å². The summed E-state index contributed by atoms with van der Waals surface area (Å²) >= 11 is 0. The Kier molecular flexibility index (Phi) is 13.6. The van der Waals surface area contributed by atoms with Crippen molar-refractivity contribution >= 4 is 17.8 Å². The van der Waals surface area contributed by atoms with Crippen LogP contribution in [0.4, 0.5) is 0 Å². The fourth-order valence-corrected chi connectivity index (χ4v) is 5.50. The number of nitrogens with zero attached hydrogens (tertiary/aromatic N) is 1. The number of ether oxygens (including phenoxy) is 4. The van der Waals surface area contributed by atoms with Crippen LogP contribution in [0.25, 0.3) is 0 Å². The van der Waals surface area contributed by atoms with Crippen molar-refractivity contribution in [1.82, 2.24) is 10.3 Å². The summed E-state index contributed by atoms with van der Waals surface area (Å²) in [5.74, 6) is -0.330. The normalized spacial score (nSPS) is 14.7. The third-order valence-electron chi connectivity index (χ3n) is 7.67. The molecule has 2 atom stereocenters. The zero-order chi connectivity index (χ0) is 30.3. The predicted molar refractivity (Wildman–Crippen MR) is 159 cm³/mol. The van der Waals surface area contributed by atoms with Crippen LogP contribution in [0.2, 0.25) is 0 Å². The summed E-state index contributed by atoms with van der Waals surface area (Å²) in [5, 5.41) is 2.80. The second-order valence-corrected chi connectivity index (χ2v) is 11.2. The highest BCUT2D eigenvalue weighted by molar-refractivity contribution is 5.98. The minimum atomic E-state index is -0.846. The Balaban J connectivity index is 1.68. The average molecular weight is 583 g/mol. The van der Waals surface area contributed by atoms with Crippen molar-refractivity contribution in [1.29, 1.82) is 0 Å². The van der Waals surface area contributed by atoms with Gasteiger partial charge in [-0.15, -0.1) is 0 Å². The quantitative estimate of drug-likeness (QED) is 0.181. The number of methoxy groups -OCH3 is 1. The van der Waals surface area contributed by atoms with E-state index >= 15 is 0 Å². The molecule has 1 heterocycles. The summed E-state index contributed by atoms with van der Waals surface area (Å²) < 4.78 is 21.4. The summed E-state index contributed by atoms with van der Waals surface area (Å²) in [6.45, 7) is 4.95. The maximum Gasteiger partial charge on any atom is 0.328 e. The minimum Gasteiger partial charge on any atom is -0.493 e. The molecule has 1 aliphatic carbocycles. The van der Waals surface area contributed by atoms with E-state index in [4.69, 9.17) is 18.9 Å². The summed E-state index contributed by atoms with van der Waals surface area (Å²) in [6.07, 6.45) is 10.9. The first-order valence-corrected chi connectivity index (χ1v) is 15.2. The number of pyridine rings is 1. The predicted octanol–water partition coefficient (Wildman–Crippen LogP) is 5.90. The molecule has 9 nitrogen and oxygen atoms in total. The van der Waals surface area contributed by atoms with Gasteiger partial charge in [-0.3, -0.25) is 9.59 Å². The lowest BCUT2D eigenvalue weighted by molar-refractivity contribution is -0.154. The van der Waals surface area contributed by atoms with Crippen molar-refractivity contribution in [3.8, 4) is 11.5 Å². The van der Waals surface area contributed by atoms with Gasteiger partial charge in [0.1, 0.15) is 6.04 Å². The lowest BCUT2D eigenvalue weighted by Gasteiger charge is -2.23. The molecule has 0 spiro atoms. The molecule has 230 valence electrons. The van der Waals surface area contributed by atoms with E-state index in [9.17, 15) is 14.4 Å². The maximum atomic E-state index is 13.4. The monoisotopic (exact) mass is 582 g/mol. The average Bonchev–Trinajstić information content (AvgIpc) is 3.50. The summed E-state index contributed by atoms with van der Waals surface area (Å²) in [4.78, 5) is 42.3. The number of carbonyl (C=O) groups is 3. The molecule has 1 N–H and O–H groups in total. The summed E-state index contributed by atoms with van der Waals surface area (Å²) in [6, 6.07) is 11.2. The molecule has 0 saturated heterocycles. The van der Waals surface area contributed by atoms with E-state index in [1.807, 2.05) is 6.07 Å². The summed E-state index contributed by atoms with van der Waals surface area (Å²) in [7, 11) is 1.43. The molecular weight excluding hydrogens is 536 g/mol. The van der Waals surface area contributed by atoms with Crippen molar-refractivity contribution in [3.05, 3.63) is 53.9 Å². The Labute approximate surface area is 249 Å². The zero-order valence-electron chi connectivity index (χ0n) is 25.4. The number of aromatic nitrogens is 1. The van der Waals surface area contributed by atoms with Crippen LogP contribution in [0.1, 0.15) is 88.2 Å². The molecule has 2 unspecified atom stereocenters. The Morgan fingerprint density at radius 2 is 1.74 bits per heavy atom. The Hall–Kier alpha value is -3.62. The molecule has 1 aromatic carbocycles. The SMILES string of the molecule is CCOC(=O)C(CCCC(Cc1ccccc1)CC1CCCC1)NC(=O)c1nccc(OC)c1OCOC(=O)C(C)C. The van der Waals surface area contributed by atoms with E-state index in [1.54, 1.807) is 20.8 Å². The van der Waals surface area contributed by atoms with Gasteiger partial charge in [-0.2, -0.15) is 0 Å². The molecule has 1 fully saturated rings. The van der Waals surface area contributed by atoms with Gasteiger partial charge in [0.05, 0.1) is 19.6 Å². The smallest absolute Gasteiger partial charge is 0.328 e. The molecule has 1 saturated carbocycles. The van der Waals surface area contributed by atoms with Gasteiger partial charge in [0.25, 0.3) is 5.91 Å². The first kappa shape index (κ1) is 32.9. The molecule has 9 heteroatoms. The first-order valence-electron chi connectivity index (χ1n) is 15.2. The van der Waals surface area contributed by atoms with Crippen LogP contribution in [-0.2, 0) is 25.5 Å². The number of carbonyl (C=O) groups excluding carboxylic acids is 3. The second kappa shape index (κ2) is 17.4. The number of rotatable bonds is 17. The molecule has 1 aliphatic rings. The van der Waals surface area contributed by atoms with Crippen molar-refractivity contribution in [2.24, 2.45) is 17.8 Å². The van der Waals surface area contributed by atoms with Crippen LogP contribution in [0.5, 0.6) is 11.5 Å². The van der Waals surface area contributed by atoms with Crippen LogP contribution < -0.4 is 14.8 Å². The molecule has 0 aliphatic heterocycles. The molecule has 0 radical (unpaired) electrons. The van der Waals surface area contributed by atoms with Gasteiger partial charge < -0.3 is 24.3 Å². The molecule has 0 bridgehead atoms. The largest absolute Gasteiger partial charge is 0.493 e. The summed E-state index contributed by atoms with van der Waals surface area (Å²) in [5.41, 5.74) is 1.25. The van der Waals surface area contributed by atoms with Crippen molar-refractivity contribution in [3.63, 3.8) is 0 Å². The third kappa shape index (κ3) is 10.3. The highest BCUT2D eigenvalue weighted by Gasteiger charge is 2.28. The first-order chi connectivity index (χ1) is 20.3. The highest BCUT2D eigenvalue weighted by Crippen LogP contribution is 2.34. The molecular formula is C33H46N2O7. The highest BCUT2D eigenvalue weighted by atomic mass is 16.7. The fraction of sp³-hybridized carbons (Fsp3) is 0.576. The molecule has 42 heavy (non-hydrogen) atoms. The van der Waals surface area contributed by atoms with Crippen molar-refractivity contribution in [2.45, 2.75) is 84.6 Å². The van der Waals surface area contributed by atoms with Crippen LogP contribution in [0, 0.1) is 17.8 Å². The van der Waals surface area contributed by atoms with E-state index in [0.717, 1.165) is 25.2 Å². The molecule has 2 aromatic rings. The van der Waals surface area contributed by atoms with Gasteiger partial charge in [0.15, 0.2) is 17.2 Å². The standard InChI is InChI=1S/C33H46N2O7/c1-5-40-33(38)27(17-11-16-26(21-25-14-9-10-15-25)20-24-12-7-6-8-13-24)35-31(36)29-30(28(39-4)18-19-34-29)41-22-42-32(37)23(2)3/h6-8,12-13,18-19,23,25-27H,5,9-11,14-17,20-22H2,1-4H3,(H,35,36). The zero-order valence-corrected chi connectivity index (χ0v) is 25.4. The maximum absolute atomic E-state index is 13.4. The van der Waals surface area contributed by atoms with Crippen LogP contribution in [-0.4, -0.2) is 49.4 Å². The fourth-order valence-electron chi connectivity index (χ4n) is 5.50. The van der Waals surface area contributed by atoms with Crippen LogP contribution in [0.3, 0.4) is 0 Å². The van der Waals surface area contributed by atoms with E-state index in [2.05, 4.69) is 34.6 Å². The lowest BCUT2D eigenvalue weighted by Crippen LogP contribution is -2.42. The lowest BCUT2D eigenvalue weighted by atomic mass is 9.85. The number of hydrogen-bond acceptors (Lipinski definition) is 8. The third-order valence-corrected chi connectivity index (χ3v) is 7.67. The van der Waals surface area contributed by atoms with E-state index < -0.39 is 30.7 Å². The van der Waals surface area contributed by atoms with E-state index in [0.29, 0.717) is 12.3 Å². The topological polar surface area (TPSA) is 113 Å². The van der Waals surface area contributed by atoms with Gasteiger partial charge in [-0.05, 0) is 43.6 Å². The number of esters is 2. The van der Waals surface area contributed by atoms with Crippen molar-refractivity contribution in [2.75, 3.05) is 20.5 Å². The van der Waals surface area contributed by atoms with Crippen LogP contribution >= 0.6 is 0 Å².